The van der Waals surface area contributed by atoms with Crippen molar-refractivity contribution in [3.8, 4) is 0 Å². The highest BCUT2D eigenvalue weighted by Crippen LogP contribution is 2.13. The second kappa shape index (κ2) is 5.74. The summed E-state index contributed by atoms with van der Waals surface area (Å²) in [5.41, 5.74) is 3.55. The van der Waals surface area contributed by atoms with Crippen LogP contribution in [0.1, 0.15) is 36.7 Å². The van der Waals surface area contributed by atoms with Crippen molar-refractivity contribution in [1.82, 2.24) is 20.0 Å². The number of nitrogens with one attached hydrogen (secondary N) is 1. The van der Waals surface area contributed by atoms with Gasteiger partial charge in [0.1, 0.15) is 0 Å². The topological polar surface area (TPSA) is 50.2 Å². The third-order valence-corrected chi connectivity index (χ3v) is 3.95. The smallest absolute Gasteiger partial charge is 0.222 e. The first kappa shape index (κ1) is 14.1. The molecule has 0 aromatic carbocycles. The van der Waals surface area contributed by atoms with Crippen molar-refractivity contribution in [2.24, 2.45) is 7.05 Å². The second-order valence-electron chi connectivity index (χ2n) is 5.50. The van der Waals surface area contributed by atoms with Crippen LogP contribution in [0.15, 0.2) is 0 Å². The zero-order valence-electron chi connectivity index (χ0n) is 12.4. The number of amides is 1. The third-order valence-electron chi connectivity index (χ3n) is 3.95. The van der Waals surface area contributed by atoms with Crippen LogP contribution in [0.25, 0.3) is 0 Å². The van der Waals surface area contributed by atoms with Gasteiger partial charge in [0.25, 0.3) is 0 Å². The van der Waals surface area contributed by atoms with E-state index in [-0.39, 0.29) is 0 Å². The Morgan fingerprint density at radius 3 is 2.68 bits per heavy atom. The van der Waals surface area contributed by atoms with Crippen molar-refractivity contribution in [1.29, 1.82) is 0 Å². The highest BCUT2D eigenvalue weighted by molar-refractivity contribution is 5.78. The van der Waals surface area contributed by atoms with E-state index in [9.17, 15) is 4.79 Å². The van der Waals surface area contributed by atoms with Gasteiger partial charge >= 0.3 is 0 Å². The van der Waals surface area contributed by atoms with Crippen LogP contribution in [0.5, 0.6) is 0 Å². The highest BCUT2D eigenvalue weighted by atomic mass is 16.2. The molecule has 5 heteroatoms. The van der Waals surface area contributed by atoms with Crippen molar-refractivity contribution in [3.05, 3.63) is 17.0 Å². The van der Waals surface area contributed by atoms with Gasteiger partial charge in [-0.1, -0.05) is 0 Å². The maximum atomic E-state index is 11.6. The molecule has 0 spiro atoms. The van der Waals surface area contributed by atoms with E-state index in [0.717, 1.165) is 31.7 Å². The number of hydrogen-bond acceptors (Lipinski definition) is 3. The number of aromatic nitrogens is 2. The predicted octanol–water partition coefficient (Wildman–Crippen LogP) is 1.14. The minimum Gasteiger partial charge on any atom is -0.341 e. The molecule has 2 heterocycles. The summed E-state index contributed by atoms with van der Waals surface area (Å²) in [5.74, 6) is 0.294. The summed E-state index contributed by atoms with van der Waals surface area (Å²) < 4.78 is 1.92. The van der Waals surface area contributed by atoms with Gasteiger partial charge in [0.15, 0.2) is 0 Å². The molecule has 0 radical (unpaired) electrons. The number of carbonyl (C=O) groups excluding carboxylic acids is 1. The number of nitrogens with zero attached hydrogens (tertiary/aromatic N) is 3. The Kier molecular flexibility index (Phi) is 4.24. The standard InChI is InChI=1S/C14H24N4O/c1-10(9-18-7-5-6-14(18)19)15-8-13-11(2)16-17(4)12(13)3/h10,15H,5-9H2,1-4H3. The van der Waals surface area contributed by atoms with Gasteiger partial charge < -0.3 is 10.2 Å². The van der Waals surface area contributed by atoms with Crippen LogP contribution in [-0.4, -0.2) is 39.7 Å². The zero-order chi connectivity index (χ0) is 14.0. The van der Waals surface area contributed by atoms with E-state index in [4.69, 9.17) is 0 Å². The molecule has 2 rings (SSSR count). The average molecular weight is 264 g/mol. The third kappa shape index (κ3) is 3.15. The summed E-state index contributed by atoms with van der Waals surface area (Å²) in [6, 6.07) is 0.307. The first-order chi connectivity index (χ1) is 8.99. The maximum absolute atomic E-state index is 11.6. The molecule has 1 saturated heterocycles. The number of rotatable bonds is 5. The molecule has 1 fully saturated rings. The molecule has 5 nitrogen and oxygen atoms in total. The van der Waals surface area contributed by atoms with Crippen LogP contribution in [0.2, 0.25) is 0 Å². The fourth-order valence-corrected chi connectivity index (χ4v) is 2.64. The minimum absolute atomic E-state index is 0.294. The van der Waals surface area contributed by atoms with Gasteiger partial charge in [-0.05, 0) is 27.2 Å². The monoisotopic (exact) mass is 264 g/mol. The first-order valence-electron chi connectivity index (χ1n) is 6.99. The van der Waals surface area contributed by atoms with Crippen molar-refractivity contribution in [2.45, 2.75) is 46.2 Å². The van der Waals surface area contributed by atoms with Crippen LogP contribution >= 0.6 is 0 Å². The molecule has 19 heavy (non-hydrogen) atoms. The number of aryl methyl sites for hydroxylation is 2. The quantitative estimate of drug-likeness (QED) is 0.867. The lowest BCUT2D eigenvalue weighted by atomic mass is 10.2. The fraction of sp³-hybridized carbons (Fsp3) is 0.714. The Morgan fingerprint density at radius 1 is 1.42 bits per heavy atom. The van der Waals surface area contributed by atoms with Gasteiger partial charge in [-0.25, -0.2) is 0 Å². The van der Waals surface area contributed by atoms with Crippen molar-refractivity contribution < 1.29 is 4.79 Å². The average Bonchev–Trinajstić information content (AvgIpc) is 2.84. The maximum Gasteiger partial charge on any atom is 0.222 e. The summed E-state index contributed by atoms with van der Waals surface area (Å²) in [5, 5.41) is 7.91. The van der Waals surface area contributed by atoms with E-state index >= 15 is 0 Å². The zero-order valence-corrected chi connectivity index (χ0v) is 12.4. The molecule has 1 aromatic rings. The second-order valence-corrected chi connectivity index (χ2v) is 5.50. The van der Waals surface area contributed by atoms with Gasteiger partial charge in [-0.2, -0.15) is 5.10 Å². The first-order valence-corrected chi connectivity index (χ1v) is 6.99. The van der Waals surface area contributed by atoms with E-state index in [0.29, 0.717) is 18.4 Å². The molecule has 1 unspecified atom stereocenters. The molecule has 1 amide bonds. The highest BCUT2D eigenvalue weighted by Gasteiger charge is 2.21. The summed E-state index contributed by atoms with van der Waals surface area (Å²) in [7, 11) is 1.97. The van der Waals surface area contributed by atoms with E-state index in [1.54, 1.807) is 0 Å². The lowest BCUT2D eigenvalue weighted by molar-refractivity contribution is -0.127. The van der Waals surface area contributed by atoms with E-state index in [1.807, 2.05) is 23.6 Å². The SMILES string of the molecule is Cc1nn(C)c(C)c1CNC(C)CN1CCCC1=O. The Balaban J connectivity index is 1.86. The fourth-order valence-electron chi connectivity index (χ4n) is 2.64. The van der Waals surface area contributed by atoms with Gasteiger partial charge in [0.2, 0.25) is 5.91 Å². The molecular weight excluding hydrogens is 240 g/mol. The Labute approximate surface area is 115 Å². The number of likely N-dealkylation sites (tertiary alicyclic amines) is 1. The normalized spacial score (nSPS) is 17.3. The molecule has 1 aliphatic rings. The molecule has 1 atom stereocenters. The van der Waals surface area contributed by atoms with Crippen molar-refractivity contribution in [2.75, 3.05) is 13.1 Å². The molecular formula is C14H24N4O. The summed E-state index contributed by atoms with van der Waals surface area (Å²) >= 11 is 0. The number of carbonyl (C=O) groups is 1. The number of hydrogen-bond donors (Lipinski definition) is 1. The van der Waals surface area contributed by atoms with Gasteiger partial charge in [0, 0.05) is 50.4 Å². The van der Waals surface area contributed by atoms with Crippen molar-refractivity contribution >= 4 is 5.91 Å². The molecule has 1 N–H and O–H groups in total. The van der Waals surface area contributed by atoms with Crippen molar-refractivity contribution in [3.63, 3.8) is 0 Å². The van der Waals surface area contributed by atoms with E-state index in [2.05, 4.69) is 24.3 Å². The summed E-state index contributed by atoms with van der Waals surface area (Å²) in [4.78, 5) is 13.5. The molecule has 1 aromatic heterocycles. The molecule has 1 aliphatic heterocycles. The Hall–Kier alpha value is -1.36. The Bertz CT molecular complexity index is 466. The van der Waals surface area contributed by atoms with Crippen LogP contribution in [0, 0.1) is 13.8 Å². The predicted molar refractivity (Wildman–Crippen MR) is 74.8 cm³/mol. The van der Waals surface area contributed by atoms with Crippen LogP contribution in [0.4, 0.5) is 0 Å². The van der Waals surface area contributed by atoms with Gasteiger partial charge in [0.05, 0.1) is 5.69 Å². The van der Waals surface area contributed by atoms with Gasteiger partial charge in [-0.15, -0.1) is 0 Å². The summed E-state index contributed by atoms with van der Waals surface area (Å²) in [6.45, 7) is 8.79. The molecule has 106 valence electrons. The summed E-state index contributed by atoms with van der Waals surface area (Å²) in [6.07, 6.45) is 1.72. The lowest BCUT2D eigenvalue weighted by Gasteiger charge is -2.21. The lowest BCUT2D eigenvalue weighted by Crippen LogP contribution is -2.39. The molecule has 0 bridgehead atoms. The Morgan fingerprint density at radius 2 is 2.16 bits per heavy atom. The van der Waals surface area contributed by atoms with Crippen LogP contribution in [-0.2, 0) is 18.4 Å². The largest absolute Gasteiger partial charge is 0.341 e. The van der Waals surface area contributed by atoms with E-state index < -0.39 is 0 Å². The minimum atomic E-state index is 0.294. The van der Waals surface area contributed by atoms with Gasteiger partial charge in [-0.3, -0.25) is 9.48 Å². The van der Waals surface area contributed by atoms with Crippen LogP contribution < -0.4 is 5.32 Å². The van der Waals surface area contributed by atoms with E-state index in [1.165, 1.54) is 11.3 Å². The molecule has 0 saturated carbocycles. The molecule has 0 aliphatic carbocycles. The van der Waals surface area contributed by atoms with Crippen LogP contribution in [0.3, 0.4) is 0 Å².